The van der Waals surface area contributed by atoms with Crippen LogP contribution in [0.2, 0.25) is 0 Å². The third kappa shape index (κ3) is 5.01. The van der Waals surface area contributed by atoms with Crippen molar-refractivity contribution in [2.75, 3.05) is 38.2 Å². The second kappa shape index (κ2) is 9.88. The monoisotopic (exact) mass is 508 g/mol. The topological polar surface area (TPSA) is 78.5 Å². The molecule has 192 valence electrons. The molecule has 1 saturated heterocycles. The highest BCUT2D eigenvalue weighted by Gasteiger charge is 2.31. The molecule has 3 heterocycles. The number of aromatic amines is 1. The van der Waals surface area contributed by atoms with Crippen LogP contribution in [0.5, 0.6) is 5.75 Å². The highest BCUT2D eigenvalue weighted by Crippen LogP contribution is 2.42. The van der Waals surface area contributed by atoms with E-state index in [9.17, 15) is 9.59 Å². The second-order valence-corrected chi connectivity index (χ2v) is 12.2. The average Bonchev–Trinajstić information content (AvgIpc) is 3.25. The highest BCUT2D eigenvalue weighted by atomic mass is 32.1. The molecule has 1 fully saturated rings. The Balaban J connectivity index is 1.21. The number of carbonyl (C=O) groups excluding carboxylic acids is 1. The fourth-order valence-electron chi connectivity index (χ4n) is 5.49. The Labute approximate surface area is 216 Å². The number of hydrogen-bond donors (Lipinski definition) is 1. The molecule has 0 bridgehead atoms. The van der Waals surface area contributed by atoms with E-state index in [-0.39, 0.29) is 16.9 Å². The number of hydrogen-bond acceptors (Lipinski definition) is 6. The average molecular weight is 509 g/mol. The van der Waals surface area contributed by atoms with E-state index in [4.69, 9.17) is 9.72 Å². The van der Waals surface area contributed by atoms with Gasteiger partial charge in [0.15, 0.2) is 0 Å². The van der Waals surface area contributed by atoms with Crippen molar-refractivity contribution in [2.45, 2.75) is 52.9 Å². The molecule has 1 aliphatic carbocycles. The van der Waals surface area contributed by atoms with Crippen molar-refractivity contribution in [3.8, 4) is 5.75 Å². The standard InChI is InChI=1S/C28H36N4O3S/c1-28(2,3)18-8-9-21-22(16-18)36-27-25(21)26(34)29-23(30-27)10-11-24(33)32-14-12-31(13-15-32)19-6-5-7-20(17-19)35-4/h5-7,17-18H,8-16H2,1-4H3,(H,29,30,34). The van der Waals surface area contributed by atoms with Crippen molar-refractivity contribution in [1.82, 2.24) is 14.9 Å². The first-order chi connectivity index (χ1) is 17.2. The number of rotatable bonds is 5. The molecule has 36 heavy (non-hydrogen) atoms. The summed E-state index contributed by atoms with van der Waals surface area (Å²) in [5.41, 5.74) is 2.52. The number of H-pyrrole nitrogens is 1. The summed E-state index contributed by atoms with van der Waals surface area (Å²) in [4.78, 5) is 40.0. The number of nitrogens with zero attached hydrogens (tertiary/aromatic N) is 3. The zero-order valence-corrected chi connectivity index (χ0v) is 22.5. The first kappa shape index (κ1) is 24.8. The maximum atomic E-state index is 13.0. The number of nitrogens with one attached hydrogen (secondary N) is 1. The molecule has 1 amide bonds. The van der Waals surface area contributed by atoms with Crippen LogP contribution < -0.4 is 15.2 Å². The minimum Gasteiger partial charge on any atom is -0.497 e. The summed E-state index contributed by atoms with van der Waals surface area (Å²) < 4.78 is 5.33. The number of methoxy groups -OCH3 is 1. The van der Waals surface area contributed by atoms with Gasteiger partial charge in [-0.3, -0.25) is 9.59 Å². The van der Waals surface area contributed by atoms with Crippen molar-refractivity contribution in [3.05, 3.63) is 50.9 Å². The molecule has 1 atom stereocenters. The van der Waals surface area contributed by atoms with Crippen molar-refractivity contribution in [2.24, 2.45) is 11.3 Å². The van der Waals surface area contributed by atoms with Gasteiger partial charge in [-0.25, -0.2) is 4.98 Å². The molecule has 2 aliphatic rings. The maximum absolute atomic E-state index is 13.0. The highest BCUT2D eigenvalue weighted by molar-refractivity contribution is 7.18. The second-order valence-electron chi connectivity index (χ2n) is 11.1. The lowest BCUT2D eigenvalue weighted by molar-refractivity contribution is -0.131. The third-order valence-corrected chi connectivity index (χ3v) is 8.97. The Morgan fingerprint density at radius 3 is 2.72 bits per heavy atom. The lowest BCUT2D eigenvalue weighted by atomic mass is 9.72. The van der Waals surface area contributed by atoms with Crippen LogP contribution in [0.1, 0.15) is 49.9 Å². The first-order valence-corrected chi connectivity index (χ1v) is 13.7. The molecule has 7 nitrogen and oxygen atoms in total. The molecule has 1 aliphatic heterocycles. The molecular formula is C28H36N4O3S. The quantitative estimate of drug-likeness (QED) is 0.552. The van der Waals surface area contributed by atoms with Gasteiger partial charge in [0.2, 0.25) is 5.91 Å². The van der Waals surface area contributed by atoms with Crippen molar-refractivity contribution < 1.29 is 9.53 Å². The van der Waals surface area contributed by atoms with Crippen molar-refractivity contribution in [1.29, 1.82) is 0 Å². The summed E-state index contributed by atoms with van der Waals surface area (Å²) in [5, 5.41) is 0.770. The molecule has 8 heteroatoms. The number of amides is 1. The summed E-state index contributed by atoms with van der Waals surface area (Å²) in [6.07, 6.45) is 3.89. The Hall–Kier alpha value is -2.87. The molecule has 1 N–H and O–H groups in total. The Morgan fingerprint density at radius 2 is 2.00 bits per heavy atom. The van der Waals surface area contributed by atoms with Gasteiger partial charge in [-0.2, -0.15) is 0 Å². The van der Waals surface area contributed by atoms with Crippen LogP contribution in [-0.2, 0) is 24.1 Å². The Bertz CT molecular complexity index is 1310. The molecule has 0 saturated carbocycles. The molecule has 5 rings (SSSR count). The number of anilines is 1. The Morgan fingerprint density at radius 1 is 1.22 bits per heavy atom. The number of ether oxygens (including phenoxy) is 1. The van der Waals surface area contributed by atoms with Gasteiger partial charge in [0.05, 0.1) is 12.5 Å². The fraction of sp³-hybridized carbons (Fsp3) is 0.536. The first-order valence-electron chi connectivity index (χ1n) is 12.9. The predicted molar refractivity (Wildman–Crippen MR) is 145 cm³/mol. The van der Waals surface area contributed by atoms with E-state index in [0.717, 1.165) is 54.0 Å². The van der Waals surface area contributed by atoms with Crippen LogP contribution >= 0.6 is 11.3 Å². The van der Waals surface area contributed by atoms with Crippen LogP contribution in [0.3, 0.4) is 0 Å². The summed E-state index contributed by atoms with van der Waals surface area (Å²) in [7, 11) is 1.67. The lowest BCUT2D eigenvalue weighted by Crippen LogP contribution is -2.48. The van der Waals surface area contributed by atoms with Crippen LogP contribution in [0, 0.1) is 11.3 Å². The minimum absolute atomic E-state index is 0.0546. The van der Waals surface area contributed by atoms with E-state index in [0.29, 0.717) is 37.7 Å². The van der Waals surface area contributed by atoms with Gasteiger partial charge in [0.25, 0.3) is 5.56 Å². The van der Waals surface area contributed by atoms with E-state index in [1.807, 2.05) is 23.1 Å². The van der Waals surface area contributed by atoms with Crippen LogP contribution in [-0.4, -0.2) is 54.1 Å². The van der Waals surface area contributed by atoms with Crippen LogP contribution in [0.15, 0.2) is 29.1 Å². The van der Waals surface area contributed by atoms with Gasteiger partial charge in [-0.1, -0.05) is 26.8 Å². The van der Waals surface area contributed by atoms with Gasteiger partial charge in [-0.05, 0) is 48.3 Å². The smallest absolute Gasteiger partial charge is 0.259 e. The van der Waals surface area contributed by atoms with Gasteiger partial charge in [-0.15, -0.1) is 11.3 Å². The number of aryl methyl sites for hydroxylation is 2. The van der Waals surface area contributed by atoms with E-state index in [2.05, 4.69) is 36.7 Å². The number of piperazine rings is 1. The summed E-state index contributed by atoms with van der Waals surface area (Å²) in [6.45, 7) is 9.85. The summed E-state index contributed by atoms with van der Waals surface area (Å²) >= 11 is 1.67. The molecular weight excluding hydrogens is 472 g/mol. The molecule has 2 aromatic heterocycles. The van der Waals surface area contributed by atoms with Crippen molar-refractivity contribution in [3.63, 3.8) is 0 Å². The number of thiophene rings is 1. The zero-order valence-electron chi connectivity index (χ0n) is 21.7. The summed E-state index contributed by atoms with van der Waals surface area (Å²) in [5.74, 6) is 2.19. The largest absolute Gasteiger partial charge is 0.497 e. The third-order valence-electron chi connectivity index (χ3n) is 7.82. The van der Waals surface area contributed by atoms with Crippen LogP contribution in [0.25, 0.3) is 10.2 Å². The van der Waals surface area contributed by atoms with Crippen LogP contribution in [0.4, 0.5) is 5.69 Å². The lowest BCUT2D eigenvalue weighted by Gasteiger charge is -2.36. The predicted octanol–water partition coefficient (Wildman–Crippen LogP) is 4.43. The van der Waals surface area contributed by atoms with Gasteiger partial charge >= 0.3 is 0 Å². The normalized spacial score (nSPS) is 18.4. The van der Waals surface area contributed by atoms with E-state index < -0.39 is 0 Å². The number of fused-ring (bicyclic) bond motifs is 3. The van der Waals surface area contributed by atoms with E-state index >= 15 is 0 Å². The summed E-state index contributed by atoms with van der Waals surface area (Å²) in [6, 6.07) is 8.03. The number of aromatic nitrogens is 2. The maximum Gasteiger partial charge on any atom is 0.259 e. The van der Waals surface area contributed by atoms with Crippen molar-refractivity contribution >= 4 is 33.1 Å². The molecule has 1 aromatic carbocycles. The van der Waals surface area contributed by atoms with Gasteiger partial charge in [0.1, 0.15) is 16.4 Å². The van der Waals surface area contributed by atoms with E-state index in [1.54, 1.807) is 18.4 Å². The molecule has 3 aromatic rings. The molecule has 0 spiro atoms. The van der Waals surface area contributed by atoms with Gasteiger partial charge < -0.3 is 19.5 Å². The van der Waals surface area contributed by atoms with Gasteiger partial charge in [0, 0.05) is 55.7 Å². The Kier molecular flexibility index (Phi) is 6.81. The fourth-order valence-corrected chi connectivity index (χ4v) is 6.81. The van der Waals surface area contributed by atoms with E-state index in [1.165, 1.54) is 10.4 Å². The number of benzene rings is 1. The number of carbonyl (C=O) groups is 1. The molecule has 0 radical (unpaired) electrons. The minimum atomic E-state index is -0.0546. The zero-order chi connectivity index (χ0) is 25.4. The molecule has 1 unspecified atom stereocenters. The SMILES string of the molecule is COc1cccc(N2CCN(C(=O)CCc3nc4sc5c(c4c(=O)[nH]3)CCC(C(C)(C)C)C5)CC2)c1.